The van der Waals surface area contributed by atoms with Gasteiger partial charge in [0.1, 0.15) is 0 Å². The molecule has 2 aliphatic rings. The van der Waals surface area contributed by atoms with Gasteiger partial charge in [0.25, 0.3) is 5.56 Å². The smallest absolute Gasteiger partial charge is 0.252 e. The first kappa shape index (κ1) is 17.5. The molecule has 0 radical (unpaired) electrons. The van der Waals surface area contributed by atoms with E-state index < -0.39 is 5.92 Å². The topological polar surface area (TPSA) is 89.2 Å². The number of carbonyl (C=O) groups is 2. The lowest BCUT2D eigenvalue weighted by Gasteiger charge is -2.28. The van der Waals surface area contributed by atoms with E-state index in [9.17, 15) is 14.4 Å². The summed E-state index contributed by atoms with van der Waals surface area (Å²) in [4.78, 5) is 39.4. The zero-order valence-electron chi connectivity index (χ0n) is 15.7. The van der Waals surface area contributed by atoms with Crippen molar-refractivity contribution in [2.75, 3.05) is 5.32 Å². The van der Waals surface area contributed by atoms with E-state index in [1.807, 2.05) is 18.9 Å². The lowest BCUT2D eigenvalue weighted by atomic mass is 9.93. The Morgan fingerprint density at radius 1 is 1.26 bits per heavy atom. The highest BCUT2D eigenvalue weighted by Gasteiger charge is 2.50. The molecule has 0 unspecified atom stereocenters. The van der Waals surface area contributed by atoms with Crippen LogP contribution < -0.4 is 10.9 Å². The number of carbonyl (C=O) groups excluding carboxylic acids is 2. The molecular weight excluding hydrogens is 346 g/mol. The van der Waals surface area contributed by atoms with Gasteiger partial charge in [0.15, 0.2) is 0 Å². The summed E-state index contributed by atoms with van der Waals surface area (Å²) in [6, 6.07) is 2.96. The van der Waals surface area contributed by atoms with Crippen molar-refractivity contribution >= 4 is 17.5 Å². The number of hydrogen-bond donors (Lipinski definition) is 1. The Balaban J connectivity index is 1.65. The number of pyridine rings is 1. The number of likely N-dealkylation sites (tertiary alicyclic amines) is 1. The van der Waals surface area contributed by atoms with Gasteiger partial charge in [-0.05, 0) is 25.8 Å². The fourth-order valence-electron chi connectivity index (χ4n) is 3.81. The molecule has 2 fully saturated rings. The number of aromatic nitrogens is 3. The second-order valence-electron chi connectivity index (χ2n) is 7.45. The van der Waals surface area contributed by atoms with E-state index in [0.717, 1.165) is 24.1 Å². The van der Waals surface area contributed by atoms with Crippen LogP contribution in [0.3, 0.4) is 0 Å². The molecule has 2 atom stereocenters. The van der Waals surface area contributed by atoms with Gasteiger partial charge in [-0.2, -0.15) is 5.10 Å². The molecule has 0 spiro atoms. The van der Waals surface area contributed by atoms with E-state index in [2.05, 4.69) is 10.4 Å². The molecule has 1 saturated heterocycles. The largest absolute Gasteiger partial charge is 0.332 e. The van der Waals surface area contributed by atoms with Crippen molar-refractivity contribution in [1.82, 2.24) is 19.2 Å². The quantitative estimate of drug-likeness (QED) is 0.875. The predicted octanol–water partition coefficient (Wildman–Crippen LogP) is 1.12. The molecule has 3 heterocycles. The first-order valence-electron chi connectivity index (χ1n) is 9.14. The minimum absolute atomic E-state index is 0.00915. The van der Waals surface area contributed by atoms with Gasteiger partial charge in [0, 0.05) is 55.8 Å². The molecule has 27 heavy (non-hydrogen) atoms. The van der Waals surface area contributed by atoms with E-state index in [4.69, 9.17) is 0 Å². The third kappa shape index (κ3) is 3.05. The van der Waals surface area contributed by atoms with Crippen LogP contribution in [0.2, 0.25) is 0 Å². The van der Waals surface area contributed by atoms with Crippen molar-refractivity contribution in [3.8, 4) is 0 Å². The molecule has 4 rings (SSSR count). The Hall–Kier alpha value is -2.90. The van der Waals surface area contributed by atoms with Gasteiger partial charge >= 0.3 is 0 Å². The van der Waals surface area contributed by atoms with Crippen LogP contribution in [0, 0.1) is 12.8 Å². The van der Waals surface area contributed by atoms with Crippen LogP contribution in [0.15, 0.2) is 29.3 Å². The Labute approximate surface area is 156 Å². The lowest BCUT2D eigenvalue weighted by molar-refractivity contribution is -0.129. The molecular formula is C19H23N5O3. The van der Waals surface area contributed by atoms with Gasteiger partial charge in [-0.3, -0.25) is 19.1 Å². The van der Waals surface area contributed by atoms with Crippen LogP contribution in [-0.2, 0) is 23.7 Å². The van der Waals surface area contributed by atoms with E-state index in [0.29, 0.717) is 5.69 Å². The maximum atomic E-state index is 13.0. The highest BCUT2D eigenvalue weighted by molar-refractivity contribution is 5.98. The van der Waals surface area contributed by atoms with Crippen molar-refractivity contribution < 1.29 is 9.59 Å². The Kier molecular flexibility index (Phi) is 4.13. The summed E-state index contributed by atoms with van der Waals surface area (Å²) in [5.41, 5.74) is 2.11. The summed E-state index contributed by atoms with van der Waals surface area (Å²) in [7, 11) is 3.50. The van der Waals surface area contributed by atoms with E-state index >= 15 is 0 Å². The van der Waals surface area contributed by atoms with Crippen LogP contribution in [0.25, 0.3) is 0 Å². The Morgan fingerprint density at radius 3 is 2.59 bits per heavy atom. The Morgan fingerprint density at radius 2 is 2.00 bits per heavy atom. The molecule has 1 aliphatic heterocycles. The zero-order valence-corrected chi connectivity index (χ0v) is 15.7. The van der Waals surface area contributed by atoms with Gasteiger partial charge < -0.3 is 14.8 Å². The van der Waals surface area contributed by atoms with E-state index in [1.165, 1.54) is 10.6 Å². The molecule has 142 valence electrons. The SMILES string of the molecule is Cc1c([C@@H]2[C@@H](C(=O)Nc3ccn(C)c(=O)c3)CC(=O)N2C2CC2)cnn1C. The molecule has 2 aromatic rings. The summed E-state index contributed by atoms with van der Waals surface area (Å²) >= 11 is 0. The van der Waals surface area contributed by atoms with Crippen molar-refractivity contribution in [2.24, 2.45) is 20.0 Å². The van der Waals surface area contributed by atoms with E-state index in [-0.39, 0.29) is 35.9 Å². The van der Waals surface area contributed by atoms with Gasteiger partial charge in [-0.15, -0.1) is 0 Å². The number of hydrogen-bond acceptors (Lipinski definition) is 4. The number of aryl methyl sites for hydroxylation is 2. The van der Waals surface area contributed by atoms with Crippen LogP contribution in [0.4, 0.5) is 5.69 Å². The Bertz CT molecular complexity index is 972. The summed E-state index contributed by atoms with van der Waals surface area (Å²) in [6.45, 7) is 1.95. The first-order valence-corrected chi connectivity index (χ1v) is 9.14. The maximum absolute atomic E-state index is 13.0. The number of amides is 2. The first-order chi connectivity index (χ1) is 12.9. The molecule has 1 aliphatic carbocycles. The molecule has 0 aromatic carbocycles. The summed E-state index contributed by atoms with van der Waals surface area (Å²) in [5, 5.41) is 7.12. The number of anilines is 1. The molecule has 8 nitrogen and oxygen atoms in total. The molecule has 1 N–H and O–H groups in total. The second-order valence-corrected chi connectivity index (χ2v) is 7.45. The monoisotopic (exact) mass is 369 g/mol. The normalized spacial score (nSPS) is 22.3. The number of rotatable bonds is 4. The van der Waals surface area contributed by atoms with Gasteiger partial charge in [-0.25, -0.2) is 0 Å². The van der Waals surface area contributed by atoms with Crippen molar-refractivity contribution in [3.63, 3.8) is 0 Å². The van der Waals surface area contributed by atoms with Crippen LogP contribution in [0.1, 0.15) is 36.6 Å². The van der Waals surface area contributed by atoms with E-state index in [1.54, 1.807) is 30.2 Å². The number of nitrogens with one attached hydrogen (secondary N) is 1. The minimum Gasteiger partial charge on any atom is -0.332 e. The fourth-order valence-corrected chi connectivity index (χ4v) is 3.81. The number of nitrogens with zero attached hydrogens (tertiary/aromatic N) is 4. The third-order valence-electron chi connectivity index (χ3n) is 5.60. The van der Waals surface area contributed by atoms with Crippen LogP contribution in [0.5, 0.6) is 0 Å². The summed E-state index contributed by atoms with van der Waals surface area (Å²) in [6.07, 6.45) is 5.49. The zero-order chi connectivity index (χ0) is 19.3. The maximum Gasteiger partial charge on any atom is 0.252 e. The minimum atomic E-state index is -0.509. The van der Waals surface area contributed by atoms with Crippen LogP contribution in [-0.4, -0.2) is 37.1 Å². The molecule has 2 amide bonds. The molecule has 8 heteroatoms. The van der Waals surface area contributed by atoms with Gasteiger partial charge in [0.05, 0.1) is 18.2 Å². The van der Waals surface area contributed by atoms with Crippen LogP contribution >= 0.6 is 0 Å². The molecule has 0 bridgehead atoms. The summed E-state index contributed by atoms with van der Waals surface area (Å²) < 4.78 is 3.20. The lowest BCUT2D eigenvalue weighted by Crippen LogP contribution is -2.34. The predicted molar refractivity (Wildman–Crippen MR) is 99.0 cm³/mol. The fraction of sp³-hybridized carbons (Fsp3) is 0.474. The van der Waals surface area contributed by atoms with Crippen molar-refractivity contribution in [3.05, 3.63) is 46.1 Å². The van der Waals surface area contributed by atoms with Gasteiger partial charge in [0.2, 0.25) is 11.8 Å². The molecule has 1 saturated carbocycles. The standard InChI is InChI=1S/C19H23N5O3/c1-11-15(10-20-23(11)3)18-14(9-17(26)24(18)13-4-5-13)19(27)21-12-6-7-22(2)16(25)8-12/h6-8,10,13-14,18H,4-5,9H2,1-3H3,(H,21,27)/t14-,18-/m0/s1. The average Bonchev–Trinajstić information content (AvgIpc) is 3.33. The highest BCUT2D eigenvalue weighted by Crippen LogP contribution is 2.45. The second kappa shape index (κ2) is 6.37. The van der Waals surface area contributed by atoms with Gasteiger partial charge in [-0.1, -0.05) is 0 Å². The van der Waals surface area contributed by atoms with Crippen molar-refractivity contribution in [2.45, 2.75) is 38.3 Å². The highest BCUT2D eigenvalue weighted by atomic mass is 16.2. The summed E-state index contributed by atoms with van der Waals surface area (Å²) in [5.74, 6) is -0.743. The molecule has 2 aromatic heterocycles. The average molecular weight is 369 g/mol. The van der Waals surface area contributed by atoms with Crippen molar-refractivity contribution in [1.29, 1.82) is 0 Å². The third-order valence-corrected chi connectivity index (χ3v) is 5.60.